The molecule has 0 spiro atoms. The highest BCUT2D eigenvalue weighted by Gasteiger charge is 2.16. The topological polar surface area (TPSA) is 50.2 Å². The van der Waals surface area contributed by atoms with E-state index in [1.807, 2.05) is 12.1 Å². The average Bonchev–Trinajstić information content (AvgIpc) is 2.73. The molecule has 0 saturated carbocycles. The van der Waals surface area contributed by atoms with Crippen molar-refractivity contribution in [2.24, 2.45) is 0 Å². The third-order valence-electron chi connectivity index (χ3n) is 5.51. The molecule has 1 aliphatic heterocycles. The Morgan fingerprint density at radius 3 is 2.47 bits per heavy atom. The first kappa shape index (κ1) is 21.0. The minimum absolute atomic E-state index is 0.0251. The number of benzene rings is 2. The van der Waals surface area contributed by atoms with Crippen LogP contribution in [0.5, 0.6) is 0 Å². The molecule has 3 aromatic rings. The average molecular weight is 445 g/mol. The molecular formula is C23H26Cl2N4O. The molecule has 1 aliphatic rings. The minimum Gasteiger partial charge on any atom is -0.372 e. The Morgan fingerprint density at radius 2 is 1.77 bits per heavy atom. The monoisotopic (exact) mass is 444 g/mol. The van der Waals surface area contributed by atoms with Crippen molar-refractivity contribution in [1.29, 1.82) is 0 Å². The van der Waals surface area contributed by atoms with Gasteiger partial charge in [-0.3, -0.25) is 9.36 Å². The van der Waals surface area contributed by atoms with E-state index in [0.717, 1.165) is 31.6 Å². The molecule has 0 unspecified atom stereocenters. The molecule has 2 aromatic carbocycles. The van der Waals surface area contributed by atoms with Crippen molar-refractivity contribution in [2.45, 2.75) is 45.6 Å². The molecule has 0 atom stereocenters. The van der Waals surface area contributed by atoms with Crippen molar-refractivity contribution in [3.8, 4) is 0 Å². The highest BCUT2D eigenvalue weighted by atomic mass is 35.5. The molecule has 1 aromatic heterocycles. The standard InChI is InChI=1S/C23H26Cl2N4O/c1-2-3-11-29-22(30)20-15-19(28-9-5-4-6-10-28)7-8-21(20)27-23(29)26-18-13-16(24)12-17(25)14-18/h7-8,12-15H,2-6,9-11H2,1H3,(H,26,27). The number of piperidine rings is 1. The first-order valence-corrected chi connectivity index (χ1v) is 11.3. The van der Waals surface area contributed by atoms with E-state index in [2.05, 4.69) is 23.2 Å². The van der Waals surface area contributed by atoms with Gasteiger partial charge in [0, 0.05) is 41.1 Å². The number of unbranched alkanes of at least 4 members (excludes halogenated alkanes) is 1. The van der Waals surface area contributed by atoms with Gasteiger partial charge in [-0.2, -0.15) is 0 Å². The number of rotatable bonds is 6. The van der Waals surface area contributed by atoms with Gasteiger partial charge in [0.2, 0.25) is 5.95 Å². The van der Waals surface area contributed by atoms with E-state index in [1.54, 1.807) is 22.8 Å². The maximum Gasteiger partial charge on any atom is 0.262 e. The second kappa shape index (κ2) is 9.27. The predicted octanol–water partition coefficient (Wildman–Crippen LogP) is 6.24. The summed E-state index contributed by atoms with van der Waals surface area (Å²) < 4.78 is 1.72. The summed E-state index contributed by atoms with van der Waals surface area (Å²) >= 11 is 12.3. The maximum atomic E-state index is 13.4. The number of nitrogens with one attached hydrogen (secondary N) is 1. The summed E-state index contributed by atoms with van der Waals surface area (Å²) in [6.45, 7) is 4.79. The van der Waals surface area contributed by atoms with Gasteiger partial charge in [-0.15, -0.1) is 0 Å². The highest BCUT2D eigenvalue weighted by Crippen LogP contribution is 2.27. The molecular weight excluding hydrogens is 419 g/mol. The van der Waals surface area contributed by atoms with E-state index in [1.165, 1.54) is 19.3 Å². The van der Waals surface area contributed by atoms with Crippen LogP contribution in [-0.2, 0) is 6.54 Å². The lowest BCUT2D eigenvalue weighted by atomic mass is 10.1. The van der Waals surface area contributed by atoms with Crippen LogP contribution in [0.15, 0.2) is 41.2 Å². The first-order valence-electron chi connectivity index (χ1n) is 10.6. The van der Waals surface area contributed by atoms with Gasteiger partial charge in [-0.05, 0) is 62.1 Å². The predicted molar refractivity (Wildman–Crippen MR) is 127 cm³/mol. The van der Waals surface area contributed by atoms with Gasteiger partial charge in [0.15, 0.2) is 0 Å². The van der Waals surface area contributed by atoms with E-state index in [4.69, 9.17) is 28.2 Å². The SMILES string of the molecule is CCCCn1c(Nc2cc(Cl)cc(Cl)c2)nc2ccc(N3CCCCC3)cc2c1=O. The quantitative estimate of drug-likeness (QED) is 0.488. The van der Waals surface area contributed by atoms with E-state index in [9.17, 15) is 4.79 Å². The fraction of sp³-hybridized carbons (Fsp3) is 0.391. The lowest BCUT2D eigenvalue weighted by molar-refractivity contribution is 0.578. The Balaban J connectivity index is 1.77. The molecule has 2 heterocycles. The maximum absolute atomic E-state index is 13.4. The zero-order valence-electron chi connectivity index (χ0n) is 17.1. The first-order chi connectivity index (χ1) is 14.5. The Labute approximate surface area is 186 Å². The number of halogens is 2. The van der Waals surface area contributed by atoms with Crippen molar-refractivity contribution in [3.05, 3.63) is 56.8 Å². The molecule has 30 heavy (non-hydrogen) atoms. The molecule has 0 radical (unpaired) electrons. The van der Waals surface area contributed by atoms with E-state index in [0.29, 0.717) is 39.1 Å². The number of aromatic nitrogens is 2. The molecule has 158 valence electrons. The van der Waals surface area contributed by atoms with Gasteiger partial charge in [0.25, 0.3) is 5.56 Å². The summed E-state index contributed by atoms with van der Waals surface area (Å²) in [6.07, 6.45) is 5.55. The summed E-state index contributed by atoms with van der Waals surface area (Å²) in [5, 5.41) is 4.96. The summed E-state index contributed by atoms with van der Waals surface area (Å²) in [6, 6.07) is 11.2. The summed E-state index contributed by atoms with van der Waals surface area (Å²) in [5.74, 6) is 0.505. The molecule has 1 N–H and O–H groups in total. The van der Waals surface area contributed by atoms with Crippen LogP contribution in [0.2, 0.25) is 10.0 Å². The van der Waals surface area contributed by atoms with Gasteiger partial charge in [-0.1, -0.05) is 36.5 Å². The Hall–Kier alpha value is -2.24. The molecule has 4 rings (SSSR count). The molecule has 0 amide bonds. The van der Waals surface area contributed by atoms with Crippen molar-refractivity contribution < 1.29 is 0 Å². The van der Waals surface area contributed by atoms with Crippen molar-refractivity contribution in [1.82, 2.24) is 9.55 Å². The molecule has 7 heteroatoms. The van der Waals surface area contributed by atoms with Crippen LogP contribution in [0.25, 0.3) is 10.9 Å². The van der Waals surface area contributed by atoms with E-state index < -0.39 is 0 Å². The third kappa shape index (κ3) is 4.57. The molecule has 1 fully saturated rings. The van der Waals surface area contributed by atoms with Gasteiger partial charge in [0.05, 0.1) is 10.9 Å². The van der Waals surface area contributed by atoms with Crippen molar-refractivity contribution in [3.63, 3.8) is 0 Å². The molecule has 5 nitrogen and oxygen atoms in total. The lowest BCUT2D eigenvalue weighted by Gasteiger charge is -2.29. The van der Waals surface area contributed by atoms with Gasteiger partial charge >= 0.3 is 0 Å². The smallest absolute Gasteiger partial charge is 0.262 e. The van der Waals surface area contributed by atoms with Crippen LogP contribution in [0.4, 0.5) is 17.3 Å². The minimum atomic E-state index is -0.0251. The summed E-state index contributed by atoms with van der Waals surface area (Å²) in [7, 11) is 0. The third-order valence-corrected chi connectivity index (χ3v) is 5.95. The Morgan fingerprint density at radius 1 is 1.03 bits per heavy atom. The zero-order valence-corrected chi connectivity index (χ0v) is 18.6. The van der Waals surface area contributed by atoms with Crippen LogP contribution in [0.3, 0.4) is 0 Å². The highest BCUT2D eigenvalue weighted by molar-refractivity contribution is 6.35. The van der Waals surface area contributed by atoms with Gasteiger partial charge in [-0.25, -0.2) is 4.98 Å². The largest absolute Gasteiger partial charge is 0.372 e. The fourth-order valence-corrected chi connectivity index (χ4v) is 4.46. The van der Waals surface area contributed by atoms with Crippen molar-refractivity contribution in [2.75, 3.05) is 23.3 Å². The lowest BCUT2D eigenvalue weighted by Crippen LogP contribution is -2.30. The van der Waals surface area contributed by atoms with Gasteiger partial charge < -0.3 is 10.2 Å². The summed E-state index contributed by atoms with van der Waals surface area (Å²) in [4.78, 5) is 20.6. The van der Waals surface area contributed by atoms with Crippen LogP contribution >= 0.6 is 23.2 Å². The Bertz CT molecular complexity index is 1090. The number of anilines is 3. The second-order valence-electron chi connectivity index (χ2n) is 7.78. The van der Waals surface area contributed by atoms with E-state index in [-0.39, 0.29) is 5.56 Å². The number of fused-ring (bicyclic) bond motifs is 1. The van der Waals surface area contributed by atoms with Crippen LogP contribution < -0.4 is 15.8 Å². The number of nitrogens with zero attached hydrogens (tertiary/aromatic N) is 3. The van der Waals surface area contributed by atoms with E-state index >= 15 is 0 Å². The fourth-order valence-electron chi connectivity index (χ4n) is 3.93. The van der Waals surface area contributed by atoms with Crippen LogP contribution in [0.1, 0.15) is 39.0 Å². The Kier molecular flexibility index (Phi) is 6.49. The number of hydrogen-bond donors (Lipinski definition) is 1. The number of hydrogen-bond acceptors (Lipinski definition) is 4. The van der Waals surface area contributed by atoms with Crippen molar-refractivity contribution >= 4 is 51.4 Å². The molecule has 1 saturated heterocycles. The second-order valence-corrected chi connectivity index (χ2v) is 8.65. The van der Waals surface area contributed by atoms with Crippen LogP contribution in [-0.4, -0.2) is 22.6 Å². The molecule has 0 bridgehead atoms. The molecule has 0 aliphatic carbocycles. The van der Waals surface area contributed by atoms with Gasteiger partial charge in [0.1, 0.15) is 0 Å². The zero-order chi connectivity index (χ0) is 21.1. The normalized spacial score (nSPS) is 14.3. The van der Waals surface area contributed by atoms with Crippen LogP contribution in [0, 0.1) is 0 Å². The summed E-state index contributed by atoms with van der Waals surface area (Å²) in [5.41, 5.74) is 2.46.